The van der Waals surface area contributed by atoms with E-state index in [0.29, 0.717) is 0 Å². The van der Waals surface area contributed by atoms with Gasteiger partial charge < -0.3 is 28.4 Å². The van der Waals surface area contributed by atoms with Crippen LogP contribution in [0, 0.1) is 0 Å². The highest BCUT2D eigenvalue weighted by Crippen LogP contribution is 2.35. The summed E-state index contributed by atoms with van der Waals surface area (Å²) in [6, 6.07) is 0. The largest absolute Gasteiger partial charge is 0.467 e. The first-order valence-electron chi connectivity index (χ1n) is 6.94. The number of methoxy groups -OCH3 is 3. The maximum Gasteiger partial charge on any atom is 0.366 e. The molecule has 1 rings (SSSR count). The number of carbonyl (C=O) groups excluding carboxylic acids is 4. The maximum atomic E-state index is 12.1. The third kappa shape index (κ3) is 4.20. The van der Waals surface area contributed by atoms with Crippen LogP contribution in [-0.2, 0) is 47.6 Å². The zero-order chi connectivity index (χ0) is 18.5. The first kappa shape index (κ1) is 19.8. The second-order valence-corrected chi connectivity index (χ2v) is 4.94. The van der Waals surface area contributed by atoms with Gasteiger partial charge in [0.2, 0.25) is 0 Å². The van der Waals surface area contributed by atoms with Crippen molar-refractivity contribution in [3.8, 4) is 0 Å². The van der Waals surface area contributed by atoms with Crippen LogP contribution in [0.15, 0.2) is 0 Å². The van der Waals surface area contributed by atoms with Gasteiger partial charge in [0.05, 0.1) is 20.6 Å². The van der Waals surface area contributed by atoms with Gasteiger partial charge in [0.25, 0.3) is 5.79 Å². The van der Waals surface area contributed by atoms with Crippen LogP contribution in [0.2, 0.25) is 0 Å². The molecule has 1 saturated heterocycles. The van der Waals surface area contributed by atoms with E-state index in [1.54, 1.807) is 0 Å². The first-order valence-corrected chi connectivity index (χ1v) is 6.94. The smallest absolute Gasteiger partial charge is 0.366 e. The Kier molecular flexibility index (Phi) is 6.67. The van der Waals surface area contributed by atoms with Crippen molar-refractivity contribution in [2.24, 2.45) is 0 Å². The van der Waals surface area contributed by atoms with Crippen molar-refractivity contribution in [2.45, 2.75) is 44.4 Å². The minimum Gasteiger partial charge on any atom is -0.467 e. The van der Waals surface area contributed by atoms with Crippen LogP contribution < -0.4 is 0 Å². The van der Waals surface area contributed by atoms with Crippen LogP contribution >= 0.6 is 0 Å². The lowest BCUT2D eigenvalue weighted by Gasteiger charge is -2.43. The van der Waals surface area contributed by atoms with E-state index in [1.165, 1.54) is 0 Å². The highest BCUT2D eigenvalue weighted by Gasteiger charge is 2.58. The Morgan fingerprint density at radius 3 is 1.96 bits per heavy atom. The molecule has 0 aliphatic carbocycles. The van der Waals surface area contributed by atoms with Gasteiger partial charge in [-0.15, -0.1) is 0 Å². The standard InChI is InChI=1S/C14H20O10/c1-7(15)22-9-6-14(21-5,13(18)20-4)24-11(12(17)19-3)10(9)23-8(2)16/h9-11H,6H2,1-5H3/t9-,10-,11-,14+/m0/s1. The van der Waals surface area contributed by atoms with Crippen molar-refractivity contribution in [1.29, 1.82) is 0 Å². The van der Waals surface area contributed by atoms with Crippen LogP contribution in [0.4, 0.5) is 0 Å². The molecule has 0 bridgehead atoms. The summed E-state index contributed by atoms with van der Waals surface area (Å²) < 4.78 is 29.9. The normalized spacial score (nSPS) is 29.3. The fraction of sp³-hybridized carbons (Fsp3) is 0.714. The van der Waals surface area contributed by atoms with Gasteiger partial charge in [-0.3, -0.25) is 9.59 Å². The SMILES string of the molecule is COC(=O)[C@H]1O[C@@](OC)(C(=O)OC)C[C@H](OC(C)=O)[C@@H]1OC(C)=O. The van der Waals surface area contributed by atoms with Crippen molar-refractivity contribution in [3.63, 3.8) is 0 Å². The molecule has 1 aliphatic heterocycles. The van der Waals surface area contributed by atoms with E-state index >= 15 is 0 Å². The molecule has 1 heterocycles. The molecule has 1 aliphatic rings. The second kappa shape index (κ2) is 8.06. The Hall–Kier alpha value is -2.20. The quantitative estimate of drug-likeness (QED) is 0.466. The van der Waals surface area contributed by atoms with Gasteiger partial charge in [0.1, 0.15) is 6.10 Å². The van der Waals surface area contributed by atoms with E-state index in [1.807, 2.05) is 0 Å². The molecule has 10 heteroatoms. The van der Waals surface area contributed by atoms with E-state index in [-0.39, 0.29) is 6.42 Å². The summed E-state index contributed by atoms with van der Waals surface area (Å²) in [4.78, 5) is 46.8. The average molecular weight is 348 g/mol. The highest BCUT2D eigenvalue weighted by atomic mass is 16.7. The lowest BCUT2D eigenvalue weighted by molar-refractivity contribution is -0.304. The molecule has 0 N–H and O–H groups in total. The summed E-state index contributed by atoms with van der Waals surface area (Å²) in [7, 11) is 3.33. The molecule has 10 nitrogen and oxygen atoms in total. The maximum absolute atomic E-state index is 12.1. The molecule has 0 aromatic carbocycles. The van der Waals surface area contributed by atoms with Gasteiger partial charge in [-0.1, -0.05) is 0 Å². The Morgan fingerprint density at radius 2 is 1.54 bits per heavy atom. The summed E-state index contributed by atoms with van der Waals surface area (Å²) in [5.74, 6) is -5.36. The van der Waals surface area contributed by atoms with Crippen LogP contribution in [-0.4, -0.2) is 69.3 Å². The van der Waals surface area contributed by atoms with Crippen LogP contribution in [0.25, 0.3) is 0 Å². The van der Waals surface area contributed by atoms with E-state index in [0.717, 1.165) is 35.2 Å². The van der Waals surface area contributed by atoms with E-state index in [2.05, 4.69) is 9.47 Å². The predicted molar refractivity (Wildman–Crippen MR) is 74.4 cm³/mol. The highest BCUT2D eigenvalue weighted by molar-refractivity contribution is 5.81. The fourth-order valence-electron chi connectivity index (χ4n) is 2.35. The van der Waals surface area contributed by atoms with Crippen molar-refractivity contribution in [2.75, 3.05) is 21.3 Å². The molecular weight excluding hydrogens is 328 g/mol. The molecule has 1 fully saturated rings. The van der Waals surface area contributed by atoms with Gasteiger partial charge >= 0.3 is 23.9 Å². The number of esters is 4. The topological polar surface area (TPSA) is 124 Å². The lowest BCUT2D eigenvalue weighted by Crippen LogP contribution is -2.63. The first-order chi connectivity index (χ1) is 11.2. The molecule has 0 aromatic heterocycles. The Balaban J connectivity index is 3.31. The number of ether oxygens (including phenoxy) is 6. The molecule has 0 aromatic rings. The average Bonchev–Trinajstić information content (AvgIpc) is 2.53. The summed E-state index contributed by atoms with van der Waals surface area (Å²) >= 11 is 0. The van der Waals surface area contributed by atoms with Crippen molar-refractivity contribution in [1.82, 2.24) is 0 Å². The van der Waals surface area contributed by atoms with Crippen LogP contribution in [0.5, 0.6) is 0 Å². The van der Waals surface area contributed by atoms with E-state index in [9.17, 15) is 19.2 Å². The molecular formula is C14H20O10. The molecule has 0 spiro atoms. The van der Waals surface area contributed by atoms with Gasteiger partial charge in [0.15, 0.2) is 12.2 Å². The van der Waals surface area contributed by atoms with E-state index in [4.69, 9.17) is 18.9 Å². The zero-order valence-electron chi connectivity index (χ0n) is 14.0. The Labute approximate surface area is 138 Å². The number of rotatable bonds is 5. The Bertz CT molecular complexity index is 516. The summed E-state index contributed by atoms with van der Waals surface area (Å²) in [6.07, 6.45) is -4.41. The Morgan fingerprint density at radius 1 is 0.958 bits per heavy atom. The van der Waals surface area contributed by atoms with Gasteiger partial charge in [0, 0.05) is 21.0 Å². The van der Waals surface area contributed by atoms with Gasteiger partial charge in [-0.2, -0.15) is 0 Å². The minimum atomic E-state index is -2.02. The number of hydrogen-bond acceptors (Lipinski definition) is 10. The summed E-state index contributed by atoms with van der Waals surface area (Å²) in [6.45, 7) is 2.23. The number of hydrogen-bond donors (Lipinski definition) is 0. The molecule has 0 saturated carbocycles. The zero-order valence-corrected chi connectivity index (χ0v) is 14.0. The minimum absolute atomic E-state index is 0.346. The molecule has 0 unspecified atom stereocenters. The molecule has 4 atom stereocenters. The molecule has 136 valence electrons. The second-order valence-electron chi connectivity index (χ2n) is 4.94. The third-order valence-corrected chi connectivity index (χ3v) is 3.33. The van der Waals surface area contributed by atoms with Crippen LogP contribution in [0.1, 0.15) is 20.3 Å². The fourth-order valence-corrected chi connectivity index (χ4v) is 2.35. The predicted octanol–water partition coefficient (Wildman–Crippen LogP) is -0.673. The monoisotopic (exact) mass is 348 g/mol. The van der Waals surface area contributed by atoms with E-state index < -0.39 is 48.0 Å². The number of carbonyl (C=O) groups is 4. The third-order valence-electron chi connectivity index (χ3n) is 3.33. The lowest BCUT2D eigenvalue weighted by atomic mass is 9.94. The molecule has 0 radical (unpaired) electrons. The van der Waals surface area contributed by atoms with Gasteiger partial charge in [-0.25, -0.2) is 9.59 Å². The molecule has 0 amide bonds. The van der Waals surface area contributed by atoms with Crippen LogP contribution in [0.3, 0.4) is 0 Å². The van der Waals surface area contributed by atoms with Gasteiger partial charge in [-0.05, 0) is 0 Å². The van der Waals surface area contributed by atoms with Crippen molar-refractivity contribution < 1.29 is 47.6 Å². The molecule has 24 heavy (non-hydrogen) atoms. The van der Waals surface area contributed by atoms with Crippen molar-refractivity contribution in [3.05, 3.63) is 0 Å². The van der Waals surface area contributed by atoms with Crippen molar-refractivity contribution >= 4 is 23.9 Å². The summed E-state index contributed by atoms with van der Waals surface area (Å²) in [5.41, 5.74) is 0. The summed E-state index contributed by atoms with van der Waals surface area (Å²) in [5, 5.41) is 0.